The van der Waals surface area contributed by atoms with Crippen LogP contribution in [0.3, 0.4) is 0 Å². The first kappa shape index (κ1) is 15.0. The highest BCUT2D eigenvalue weighted by Gasteiger charge is 2.24. The minimum Gasteiger partial charge on any atom is -0.268 e. The molecule has 0 aromatic rings. The Morgan fingerprint density at radius 2 is 2.28 bits per heavy atom. The predicted octanol–water partition coefficient (Wildman–Crippen LogP) is 4.49. The molecule has 0 saturated carbocycles. The van der Waals surface area contributed by atoms with Crippen molar-refractivity contribution in [2.45, 2.75) is 46.9 Å². The molecule has 0 aliphatic carbocycles. The monoisotopic (exact) mass is 241 g/mol. The Hall–Kier alpha value is -1.05. The molecule has 1 nitrogen and oxygen atoms in total. The summed E-state index contributed by atoms with van der Waals surface area (Å²) in [6.45, 7) is 8.75. The molecule has 0 fully saturated rings. The van der Waals surface area contributed by atoms with Gasteiger partial charge in [0.15, 0.2) is 0 Å². The molecule has 1 rings (SSSR count). The van der Waals surface area contributed by atoms with E-state index < -0.39 is 0 Å². The Bertz CT molecular complexity index is 390. The Morgan fingerprint density at radius 3 is 2.89 bits per heavy atom. The van der Waals surface area contributed by atoms with Gasteiger partial charge in [0.05, 0.1) is 7.85 Å². The Labute approximate surface area is 113 Å². The predicted molar refractivity (Wildman–Crippen MR) is 82.2 cm³/mol. The second kappa shape index (κ2) is 6.77. The summed E-state index contributed by atoms with van der Waals surface area (Å²) in [4.78, 5) is 4.41. The lowest BCUT2D eigenvalue weighted by Crippen LogP contribution is -2.19. The van der Waals surface area contributed by atoms with Crippen LogP contribution < -0.4 is 0 Å². The highest BCUT2D eigenvalue weighted by Crippen LogP contribution is 2.33. The molecule has 1 aliphatic rings. The molecule has 0 spiro atoms. The summed E-state index contributed by atoms with van der Waals surface area (Å²) in [5, 5.41) is 0. The Balaban J connectivity index is 3.05. The summed E-state index contributed by atoms with van der Waals surface area (Å²) in [5.41, 5.74) is 2.46. The van der Waals surface area contributed by atoms with Crippen LogP contribution in [0, 0.1) is 11.3 Å². The van der Waals surface area contributed by atoms with E-state index in [0.717, 1.165) is 12.8 Å². The molecule has 0 aromatic carbocycles. The van der Waals surface area contributed by atoms with Crippen LogP contribution in [-0.4, -0.2) is 14.1 Å². The van der Waals surface area contributed by atoms with Crippen molar-refractivity contribution in [1.29, 1.82) is 0 Å². The van der Waals surface area contributed by atoms with E-state index in [1.807, 2.05) is 12.4 Å². The molecule has 0 amide bonds. The standard InChI is InChI=1S/C16H24BN/c1-5-13(2)10-15(7-9-17)16(4)8-6-14(3)11-18-12-16/h6,8,10-13H,5,7,9H2,1-4H3/b15-10+. The normalized spacial score (nSPS) is 25.8. The van der Waals surface area contributed by atoms with Crippen LogP contribution in [0.5, 0.6) is 0 Å². The molecule has 0 aromatic heterocycles. The van der Waals surface area contributed by atoms with Gasteiger partial charge in [0.25, 0.3) is 0 Å². The molecule has 1 heterocycles. The topological polar surface area (TPSA) is 12.4 Å². The second-order valence-corrected chi connectivity index (χ2v) is 5.38. The molecule has 18 heavy (non-hydrogen) atoms. The number of nitrogens with zero attached hydrogens (tertiary/aromatic N) is 1. The fourth-order valence-corrected chi connectivity index (χ4v) is 2.04. The van der Waals surface area contributed by atoms with Crippen molar-refractivity contribution in [2.75, 3.05) is 0 Å². The molecule has 1 aliphatic heterocycles. The summed E-state index contributed by atoms with van der Waals surface area (Å²) in [6, 6.07) is 0. The van der Waals surface area contributed by atoms with Gasteiger partial charge in [-0.2, -0.15) is 0 Å². The quantitative estimate of drug-likeness (QED) is 0.497. The van der Waals surface area contributed by atoms with E-state index in [2.05, 4.69) is 50.9 Å². The van der Waals surface area contributed by atoms with Gasteiger partial charge >= 0.3 is 0 Å². The largest absolute Gasteiger partial charge is 0.268 e. The maximum absolute atomic E-state index is 5.76. The Kier molecular flexibility index (Phi) is 5.65. The van der Waals surface area contributed by atoms with Gasteiger partial charge in [-0.05, 0) is 31.8 Å². The third kappa shape index (κ3) is 4.01. The van der Waals surface area contributed by atoms with Crippen LogP contribution in [0.1, 0.15) is 40.5 Å². The van der Waals surface area contributed by atoms with E-state index >= 15 is 0 Å². The van der Waals surface area contributed by atoms with Gasteiger partial charge in [0.1, 0.15) is 0 Å². The van der Waals surface area contributed by atoms with Gasteiger partial charge in [0, 0.05) is 17.8 Å². The van der Waals surface area contributed by atoms with E-state index in [1.54, 1.807) is 0 Å². The van der Waals surface area contributed by atoms with E-state index in [4.69, 9.17) is 7.85 Å². The first-order valence-electron chi connectivity index (χ1n) is 6.83. The van der Waals surface area contributed by atoms with Crippen LogP contribution in [0.4, 0.5) is 0 Å². The molecule has 2 atom stereocenters. The smallest absolute Gasteiger partial charge is 0.0657 e. The summed E-state index contributed by atoms with van der Waals surface area (Å²) < 4.78 is 0. The minimum atomic E-state index is -0.100. The summed E-state index contributed by atoms with van der Waals surface area (Å²) >= 11 is 0. The molecule has 2 heteroatoms. The fourth-order valence-electron chi connectivity index (χ4n) is 2.04. The van der Waals surface area contributed by atoms with Gasteiger partial charge in [0.2, 0.25) is 0 Å². The molecule has 2 radical (unpaired) electrons. The number of aliphatic imine (C=N–C) groups is 1. The molecule has 96 valence electrons. The minimum absolute atomic E-state index is 0.100. The van der Waals surface area contributed by atoms with Crippen LogP contribution in [-0.2, 0) is 0 Å². The first-order chi connectivity index (χ1) is 8.51. The molecule has 2 unspecified atom stereocenters. The zero-order chi connectivity index (χ0) is 13.6. The molecular weight excluding hydrogens is 217 g/mol. The molecule has 0 bridgehead atoms. The average molecular weight is 241 g/mol. The highest BCUT2D eigenvalue weighted by molar-refractivity contribution is 6.08. The number of hydrogen-bond donors (Lipinski definition) is 0. The van der Waals surface area contributed by atoms with E-state index in [-0.39, 0.29) is 5.41 Å². The molecule has 0 N–H and O–H groups in total. The van der Waals surface area contributed by atoms with Crippen molar-refractivity contribution in [3.63, 3.8) is 0 Å². The van der Waals surface area contributed by atoms with Gasteiger partial charge in [-0.3, -0.25) is 4.99 Å². The van der Waals surface area contributed by atoms with Crippen LogP contribution in [0.15, 0.2) is 40.6 Å². The average Bonchev–Trinajstić information content (AvgIpc) is 2.52. The van der Waals surface area contributed by atoms with Gasteiger partial charge in [-0.15, -0.1) is 0 Å². The summed E-state index contributed by atoms with van der Waals surface area (Å²) in [7, 11) is 5.76. The van der Waals surface area contributed by atoms with E-state index in [9.17, 15) is 0 Å². The van der Waals surface area contributed by atoms with Crippen molar-refractivity contribution < 1.29 is 0 Å². The van der Waals surface area contributed by atoms with E-state index in [0.29, 0.717) is 12.2 Å². The second-order valence-electron chi connectivity index (χ2n) is 5.38. The molecule has 0 saturated heterocycles. The van der Waals surface area contributed by atoms with Crippen molar-refractivity contribution in [1.82, 2.24) is 0 Å². The maximum atomic E-state index is 5.76. The van der Waals surface area contributed by atoms with Gasteiger partial charge < -0.3 is 0 Å². The lowest BCUT2D eigenvalue weighted by molar-refractivity contribution is 0.639. The first-order valence-corrected chi connectivity index (χ1v) is 6.83. The summed E-state index contributed by atoms with van der Waals surface area (Å²) in [6.07, 6.45) is 13.5. The van der Waals surface area contributed by atoms with Crippen molar-refractivity contribution in [3.05, 3.63) is 35.6 Å². The van der Waals surface area contributed by atoms with Gasteiger partial charge in [-0.25, -0.2) is 0 Å². The number of hydrogen-bond acceptors (Lipinski definition) is 1. The summed E-state index contributed by atoms with van der Waals surface area (Å²) in [5.74, 6) is 0.586. The van der Waals surface area contributed by atoms with Crippen molar-refractivity contribution >= 4 is 14.1 Å². The molecular formula is C16H24BN. The zero-order valence-electron chi connectivity index (χ0n) is 12.1. The van der Waals surface area contributed by atoms with Crippen LogP contribution in [0.2, 0.25) is 6.32 Å². The number of rotatable bonds is 5. The zero-order valence-corrected chi connectivity index (χ0v) is 12.1. The third-order valence-electron chi connectivity index (χ3n) is 3.55. The lowest BCUT2D eigenvalue weighted by Gasteiger charge is -2.26. The maximum Gasteiger partial charge on any atom is 0.0657 e. The third-order valence-corrected chi connectivity index (χ3v) is 3.55. The Morgan fingerprint density at radius 1 is 1.56 bits per heavy atom. The highest BCUT2D eigenvalue weighted by atomic mass is 14.7. The number of allylic oxidation sites excluding steroid dienone is 5. The van der Waals surface area contributed by atoms with Gasteiger partial charge in [-0.1, -0.05) is 50.4 Å². The van der Waals surface area contributed by atoms with Crippen molar-refractivity contribution in [2.24, 2.45) is 16.3 Å². The van der Waals surface area contributed by atoms with Crippen molar-refractivity contribution in [3.8, 4) is 0 Å². The van der Waals surface area contributed by atoms with E-state index in [1.165, 1.54) is 11.1 Å². The fraction of sp³-hybridized carbons (Fsp3) is 0.562. The lowest BCUT2D eigenvalue weighted by atomic mass is 9.77. The van der Waals surface area contributed by atoms with Crippen LogP contribution >= 0.6 is 0 Å². The van der Waals surface area contributed by atoms with Crippen LogP contribution in [0.25, 0.3) is 0 Å². The SMILES string of the molecule is [B]CC/C(=C\C(C)CC)C1(C)C=CC(C)=CN=C1.